The van der Waals surface area contributed by atoms with E-state index in [2.05, 4.69) is 23.6 Å². The van der Waals surface area contributed by atoms with Gasteiger partial charge in [0.05, 0.1) is 6.04 Å². The second-order valence-corrected chi connectivity index (χ2v) is 10.9. The number of carbonyl (C=O) groups excluding carboxylic acids is 1. The summed E-state index contributed by atoms with van der Waals surface area (Å²) < 4.78 is 27.3. The minimum Gasteiger partial charge on any atom is -0.508 e. The van der Waals surface area contributed by atoms with Crippen molar-refractivity contribution in [1.82, 2.24) is 9.80 Å². The van der Waals surface area contributed by atoms with E-state index in [0.29, 0.717) is 11.3 Å². The van der Waals surface area contributed by atoms with Gasteiger partial charge in [0.25, 0.3) is 5.91 Å². The van der Waals surface area contributed by atoms with Gasteiger partial charge in [-0.05, 0) is 85.1 Å². The third-order valence-electron chi connectivity index (χ3n) is 7.93. The molecule has 7 heteroatoms. The van der Waals surface area contributed by atoms with Crippen molar-refractivity contribution < 1.29 is 18.7 Å². The fourth-order valence-corrected chi connectivity index (χ4v) is 5.74. The smallest absolute Gasteiger partial charge is 0.258 e. The largest absolute Gasteiger partial charge is 0.508 e. The molecule has 1 aliphatic heterocycles. The highest BCUT2D eigenvalue weighted by molar-refractivity contribution is 6.05. The predicted molar refractivity (Wildman–Crippen MR) is 158 cm³/mol. The standard InChI is InChI=1S/C34H35F2N3O2/c1-23-21-39(24(2)20-38(23)22-25-13-15-29(35)16-14-25)33(27-8-5-12-32(40)18-27)26-7-4-9-28(17-26)34(41)37(3)31-11-6-10-30(36)19-31/h4-19,23-24,33,40H,20-22H2,1-3H3/t23-,24+,33+/m1/s1. The van der Waals surface area contributed by atoms with Crippen LogP contribution in [0.3, 0.4) is 0 Å². The molecule has 0 bridgehead atoms. The van der Waals surface area contributed by atoms with Crippen molar-refractivity contribution >= 4 is 11.6 Å². The number of anilines is 1. The lowest BCUT2D eigenvalue weighted by Crippen LogP contribution is -2.56. The highest BCUT2D eigenvalue weighted by atomic mass is 19.1. The van der Waals surface area contributed by atoms with Crippen LogP contribution in [0.4, 0.5) is 14.5 Å². The van der Waals surface area contributed by atoms with Crippen LogP contribution in [-0.4, -0.2) is 53.0 Å². The summed E-state index contributed by atoms with van der Waals surface area (Å²) in [4.78, 5) is 19.7. The third-order valence-corrected chi connectivity index (χ3v) is 7.93. The molecule has 4 aromatic carbocycles. The van der Waals surface area contributed by atoms with E-state index in [0.717, 1.165) is 36.3 Å². The van der Waals surface area contributed by atoms with Crippen molar-refractivity contribution in [3.05, 3.63) is 131 Å². The first-order chi connectivity index (χ1) is 19.7. The Morgan fingerprint density at radius 1 is 0.854 bits per heavy atom. The van der Waals surface area contributed by atoms with Crippen LogP contribution >= 0.6 is 0 Å². The normalized spacial score (nSPS) is 18.7. The van der Waals surface area contributed by atoms with Crippen molar-refractivity contribution in [2.75, 3.05) is 25.0 Å². The lowest BCUT2D eigenvalue weighted by atomic mass is 9.92. The maximum atomic E-state index is 13.8. The summed E-state index contributed by atoms with van der Waals surface area (Å²) in [6.45, 7) is 6.66. The van der Waals surface area contributed by atoms with Gasteiger partial charge in [-0.2, -0.15) is 0 Å². The highest BCUT2D eigenvalue weighted by Crippen LogP contribution is 2.35. The number of amides is 1. The van der Waals surface area contributed by atoms with Gasteiger partial charge >= 0.3 is 0 Å². The Balaban J connectivity index is 1.45. The van der Waals surface area contributed by atoms with Gasteiger partial charge in [-0.3, -0.25) is 14.6 Å². The van der Waals surface area contributed by atoms with Gasteiger partial charge in [0.2, 0.25) is 0 Å². The SMILES string of the molecule is C[C@@H]1CN([C@H](c2cccc(O)c2)c2cccc(C(=O)N(C)c3cccc(F)c3)c2)[C@@H](C)CN1Cc1ccc(F)cc1. The number of rotatable bonds is 7. The molecule has 3 atom stereocenters. The van der Waals surface area contributed by atoms with Gasteiger partial charge < -0.3 is 10.0 Å². The number of halogens is 2. The van der Waals surface area contributed by atoms with Crippen LogP contribution in [0.25, 0.3) is 0 Å². The van der Waals surface area contributed by atoms with E-state index in [1.54, 1.807) is 37.4 Å². The Morgan fingerprint density at radius 3 is 2.24 bits per heavy atom. The Labute approximate surface area is 240 Å². The number of piperazine rings is 1. The quantitative estimate of drug-likeness (QED) is 0.278. The van der Waals surface area contributed by atoms with Gasteiger partial charge in [-0.1, -0.05) is 42.5 Å². The maximum Gasteiger partial charge on any atom is 0.258 e. The minimum absolute atomic E-state index is 0.147. The first-order valence-corrected chi connectivity index (χ1v) is 13.9. The average molecular weight is 556 g/mol. The van der Waals surface area contributed by atoms with Gasteiger partial charge in [0, 0.05) is 50.0 Å². The third kappa shape index (κ3) is 6.47. The van der Waals surface area contributed by atoms with Crippen molar-refractivity contribution in [2.24, 2.45) is 0 Å². The van der Waals surface area contributed by atoms with Crippen molar-refractivity contribution in [1.29, 1.82) is 0 Å². The molecule has 5 rings (SSSR count). The summed E-state index contributed by atoms with van der Waals surface area (Å²) in [5.74, 6) is -0.697. The van der Waals surface area contributed by atoms with Crippen LogP contribution in [0.5, 0.6) is 5.75 Å². The van der Waals surface area contributed by atoms with E-state index in [1.165, 1.54) is 29.2 Å². The zero-order chi connectivity index (χ0) is 29.1. The van der Waals surface area contributed by atoms with E-state index in [-0.39, 0.29) is 35.6 Å². The first-order valence-electron chi connectivity index (χ1n) is 13.9. The van der Waals surface area contributed by atoms with Crippen LogP contribution in [-0.2, 0) is 6.54 Å². The van der Waals surface area contributed by atoms with Crippen LogP contribution in [0.2, 0.25) is 0 Å². The number of aromatic hydroxyl groups is 1. The van der Waals surface area contributed by atoms with E-state index >= 15 is 0 Å². The Kier molecular flexibility index (Phi) is 8.47. The highest BCUT2D eigenvalue weighted by Gasteiger charge is 2.35. The van der Waals surface area contributed by atoms with Crippen molar-refractivity contribution in [3.63, 3.8) is 0 Å². The molecule has 5 nitrogen and oxygen atoms in total. The first kappa shape index (κ1) is 28.5. The van der Waals surface area contributed by atoms with E-state index < -0.39 is 5.82 Å². The summed E-state index contributed by atoms with van der Waals surface area (Å²) in [5.41, 5.74) is 3.90. The molecular formula is C34H35F2N3O2. The summed E-state index contributed by atoms with van der Waals surface area (Å²) in [6.07, 6.45) is 0. The van der Waals surface area contributed by atoms with Crippen LogP contribution in [0, 0.1) is 11.6 Å². The monoisotopic (exact) mass is 555 g/mol. The van der Waals surface area contributed by atoms with Gasteiger partial charge in [-0.15, -0.1) is 0 Å². The fraction of sp³-hybridized carbons (Fsp3) is 0.265. The van der Waals surface area contributed by atoms with Crippen LogP contribution in [0.1, 0.15) is 46.9 Å². The molecule has 1 heterocycles. The van der Waals surface area contributed by atoms with Crippen LogP contribution in [0.15, 0.2) is 97.1 Å². The van der Waals surface area contributed by atoms with Gasteiger partial charge in [0.1, 0.15) is 17.4 Å². The van der Waals surface area contributed by atoms with Crippen molar-refractivity contribution in [2.45, 2.75) is 38.5 Å². The number of phenols is 1. The lowest BCUT2D eigenvalue weighted by molar-refractivity contribution is 0.0195. The number of hydrogen-bond donors (Lipinski definition) is 1. The molecule has 1 fully saturated rings. The molecule has 0 aromatic heterocycles. The lowest BCUT2D eigenvalue weighted by Gasteiger charge is -2.47. The van der Waals surface area contributed by atoms with E-state index in [1.807, 2.05) is 42.5 Å². The number of phenolic OH excluding ortho intramolecular Hbond substituents is 1. The molecule has 1 saturated heterocycles. The zero-order valence-corrected chi connectivity index (χ0v) is 23.5. The predicted octanol–water partition coefficient (Wildman–Crippen LogP) is 6.63. The number of carbonyl (C=O) groups is 1. The molecule has 0 unspecified atom stereocenters. The number of hydrogen-bond acceptors (Lipinski definition) is 4. The number of nitrogens with zero attached hydrogens (tertiary/aromatic N) is 3. The summed E-state index contributed by atoms with van der Waals surface area (Å²) in [7, 11) is 1.64. The molecular weight excluding hydrogens is 520 g/mol. The Bertz CT molecular complexity index is 1510. The average Bonchev–Trinajstić information content (AvgIpc) is 2.96. The second kappa shape index (κ2) is 12.2. The maximum absolute atomic E-state index is 13.8. The fourth-order valence-electron chi connectivity index (χ4n) is 5.74. The number of benzene rings is 4. The summed E-state index contributed by atoms with van der Waals surface area (Å²) >= 11 is 0. The van der Waals surface area contributed by atoms with Gasteiger partial charge in [0.15, 0.2) is 0 Å². The molecule has 4 aromatic rings. The zero-order valence-electron chi connectivity index (χ0n) is 23.5. The summed E-state index contributed by atoms with van der Waals surface area (Å²) in [5, 5.41) is 10.4. The minimum atomic E-state index is -0.401. The Morgan fingerprint density at radius 2 is 1.54 bits per heavy atom. The molecule has 0 radical (unpaired) electrons. The second-order valence-electron chi connectivity index (χ2n) is 10.9. The van der Waals surface area contributed by atoms with Gasteiger partial charge in [-0.25, -0.2) is 8.78 Å². The molecule has 0 spiro atoms. The van der Waals surface area contributed by atoms with Crippen LogP contribution < -0.4 is 4.90 Å². The molecule has 0 saturated carbocycles. The van der Waals surface area contributed by atoms with Crippen molar-refractivity contribution in [3.8, 4) is 5.75 Å². The van der Waals surface area contributed by atoms with E-state index in [9.17, 15) is 18.7 Å². The molecule has 1 N–H and O–H groups in total. The Hall–Kier alpha value is -4.07. The molecule has 0 aliphatic carbocycles. The molecule has 1 aliphatic rings. The molecule has 1 amide bonds. The molecule has 41 heavy (non-hydrogen) atoms. The topological polar surface area (TPSA) is 47.0 Å². The molecule has 212 valence electrons. The summed E-state index contributed by atoms with van der Waals surface area (Å²) in [6, 6.07) is 27.6. The van der Waals surface area contributed by atoms with E-state index in [4.69, 9.17) is 0 Å².